The molecule has 0 saturated heterocycles. The molecule has 1 aromatic heterocycles. The van der Waals surface area contributed by atoms with E-state index in [2.05, 4.69) is 0 Å². The average molecular weight is 335 g/mol. The summed E-state index contributed by atoms with van der Waals surface area (Å²) >= 11 is 0.885. The van der Waals surface area contributed by atoms with E-state index in [1.54, 1.807) is 20.8 Å². The smallest absolute Gasteiger partial charge is 0.345 e. The summed E-state index contributed by atoms with van der Waals surface area (Å²) in [6.07, 6.45) is 0. The fourth-order valence-corrected chi connectivity index (χ4v) is 4.53. The number of nitrogens with zero attached hydrogens (tertiary/aromatic N) is 1. The van der Waals surface area contributed by atoms with Crippen LogP contribution in [0.15, 0.2) is 11.0 Å². The molecule has 118 valence electrons. The van der Waals surface area contributed by atoms with Gasteiger partial charge in [-0.3, -0.25) is 4.79 Å². The third-order valence-electron chi connectivity index (χ3n) is 2.64. The fraction of sp³-hybridized carbons (Fsp3) is 0.500. The molecule has 0 spiro atoms. The van der Waals surface area contributed by atoms with Crippen LogP contribution in [0.25, 0.3) is 0 Å². The minimum Gasteiger partial charge on any atom is -0.480 e. The van der Waals surface area contributed by atoms with Gasteiger partial charge in [0.15, 0.2) is 0 Å². The zero-order chi connectivity index (χ0) is 16.6. The van der Waals surface area contributed by atoms with Gasteiger partial charge in [-0.05, 0) is 11.5 Å². The van der Waals surface area contributed by atoms with Gasteiger partial charge < -0.3 is 10.2 Å². The van der Waals surface area contributed by atoms with E-state index < -0.39 is 33.9 Å². The van der Waals surface area contributed by atoms with Crippen molar-refractivity contribution in [1.29, 1.82) is 0 Å². The highest BCUT2D eigenvalue weighted by atomic mass is 32.2. The predicted octanol–water partition coefficient (Wildman–Crippen LogP) is 1.45. The van der Waals surface area contributed by atoms with E-state index in [0.29, 0.717) is 9.18 Å². The van der Waals surface area contributed by atoms with Gasteiger partial charge in [0, 0.05) is 11.9 Å². The molecule has 21 heavy (non-hydrogen) atoms. The Kier molecular flexibility index (Phi) is 4.81. The van der Waals surface area contributed by atoms with Crippen LogP contribution in [0.2, 0.25) is 0 Å². The minimum absolute atomic E-state index is 0.0952. The number of aromatic carboxylic acids is 1. The standard InChI is InChI=1S/C12H17NO6S2/c1-12(2,3)10-8(5-7(20-10)11(16)17)21(18,19)13(4)6-9(14)15/h5H,6H2,1-4H3,(H,14,15)(H,16,17). The van der Waals surface area contributed by atoms with E-state index in [4.69, 9.17) is 10.2 Å². The number of aliphatic carboxylic acids is 1. The SMILES string of the molecule is CN(CC(=O)O)S(=O)(=O)c1cc(C(=O)O)sc1C(C)(C)C. The topological polar surface area (TPSA) is 112 Å². The summed E-state index contributed by atoms with van der Waals surface area (Å²) in [6.45, 7) is 4.60. The molecule has 0 bridgehead atoms. The molecule has 0 unspecified atom stereocenters. The first kappa shape index (κ1) is 17.6. The molecule has 0 fully saturated rings. The molecule has 7 nitrogen and oxygen atoms in total. The molecule has 0 saturated carbocycles. The molecule has 0 radical (unpaired) electrons. The summed E-state index contributed by atoms with van der Waals surface area (Å²) < 4.78 is 25.6. The summed E-state index contributed by atoms with van der Waals surface area (Å²) in [5, 5.41) is 17.8. The van der Waals surface area contributed by atoms with Gasteiger partial charge in [-0.25, -0.2) is 13.2 Å². The number of rotatable bonds is 5. The van der Waals surface area contributed by atoms with Crippen LogP contribution >= 0.6 is 11.3 Å². The van der Waals surface area contributed by atoms with Crippen molar-refractivity contribution in [3.05, 3.63) is 15.8 Å². The van der Waals surface area contributed by atoms with Gasteiger partial charge in [-0.1, -0.05) is 20.8 Å². The van der Waals surface area contributed by atoms with Crippen molar-refractivity contribution >= 4 is 33.3 Å². The summed E-state index contributed by atoms with van der Waals surface area (Å²) in [6, 6.07) is 1.08. The highest BCUT2D eigenvalue weighted by Crippen LogP contribution is 2.37. The molecule has 1 aromatic rings. The molecule has 2 N–H and O–H groups in total. The Morgan fingerprint density at radius 2 is 1.81 bits per heavy atom. The Labute approximate surface area is 126 Å². The molecular weight excluding hydrogens is 318 g/mol. The van der Waals surface area contributed by atoms with Crippen molar-refractivity contribution in [1.82, 2.24) is 4.31 Å². The second-order valence-corrected chi connectivity index (χ2v) is 8.58. The van der Waals surface area contributed by atoms with E-state index in [-0.39, 0.29) is 9.77 Å². The van der Waals surface area contributed by atoms with Crippen LogP contribution in [0, 0.1) is 0 Å². The molecular formula is C12H17NO6S2. The van der Waals surface area contributed by atoms with Gasteiger partial charge >= 0.3 is 11.9 Å². The van der Waals surface area contributed by atoms with Crippen LogP contribution in [0.5, 0.6) is 0 Å². The molecule has 0 aromatic carbocycles. The quantitative estimate of drug-likeness (QED) is 0.842. The van der Waals surface area contributed by atoms with E-state index in [1.807, 2.05) is 0 Å². The second kappa shape index (κ2) is 5.74. The third-order valence-corrected chi connectivity index (χ3v) is 6.14. The highest BCUT2D eigenvalue weighted by molar-refractivity contribution is 7.89. The molecule has 9 heteroatoms. The number of carbonyl (C=O) groups is 2. The summed E-state index contributed by atoms with van der Waals surface area (Å²) in [7, 11) is -2.91. The van der Waals surface area contributed by atoms with Gasteiger partial charge in [-0.15, -0.1) is 11.3 Å². The number of hydrogen-bond acceptors (Lipinski definition) is 5. The number of carboxylic acid groups (broad SMARTS) is 2. The number of hydrogen-bond donors (Lipinski definition) is 2. The second-order valence-electron chi connectivity index (χ2n) is 5.51. The van der Waals surface area contributed by atoms with Gasteiger partial charge in [0.25, 0.3) is 0 Å². The Hall–Kier alpha value is -1.45. The normalized spacial score (nSPS) is 12.6. The van der Waals surface area contributed by atoms with E-state index >= 15 is 0 Å². The maximum absolute atomic E-state index is 12.4. The van der Waals surface area contributed by atoms with Crippen LogP contribution in [-0.2, 0) is 20.2 Å². The molecule has 0 aliphatic heterocycles. The lowest BCUT2D eigenvalue weighted by molar-refractivity contribution is -0.137. The lowest BCUT2D eigenvalue weighted by atomic mass is 9.95. The van der Waals surface area contributed by atoms with Crippen molar-refractivity contribution in [2.45, 2.75) is 31.1 Å². The highest BCUT2D eigenvalue weighted by Gasteiger charge is 2.33. The number of carboxylic acids is 2. The number of sulfonamides is 1. The predicted molar refractivity (Wildman–Crippen MR) is 77.4 cm³/mol. The number of thiophene rings is 1. The molecule has 1 heterocycles. The Morgan fingerprint density at radius 1 is 1.29 bits per heavy atom. The Bertz CT molecular complexity index is 668. The Balaban J connectivity index is 3.47. The molecule has 0 aliphatic rings. The van der Waals surface area contributed by atoms with Crippen molar-refractivity contribution in [2.75, 3.05) is 13.6 Å². The largest absolute Gasteiger partial charge is 0.480 e. The van der Waals surface area contributed by atoms with E-state index in [9.17, 15) is 18.0 Å². The van der Waals surface area contributed by atoms with Crippen molar-refractivity contribution < 1.29 is 28.2 Å². The number of likely N-dealkylation sites (N-methyl/N-ethyl adjacent to an activating group) is 1. The van der Waals surface area contributed by atoms with Crippen molar-refractivity contribution in [3.63, 3.8) is 0 Å². The molecule has 0 atom stereocenters. The minimum atomic E-state index is -4.06. The van der Waals surface area contributed by atoms with Gasteiger partial charge in [-0.2, -0.15) is 4.31 Å². The monoisotopic (exact) mass is 335 g/mol. The van der Waals surface area contributed by atoms with Gasteiger partial charge in [0.1, 0.15) is 11.4 Å². The van der Waals surface area contributed by atoms with Gasteiger partial charge in [0.05, 0.1) is 4.90 Å². The van der Waals surface area contributed by atoms with Crippen molar-refractivity contribution in [3.8, 4) is 0 Å². The average Bonchev–Trinajstić information content (AvgIpc) is 2.72. The maximum Gasteiger partial charge on any atom is 0.345 e. The van der Waals surface area contributed by atoms with E-state index in [0.717, 1.165) is 24.5 Å². The first-order valence-corrected chi connectivity index (χ1v) is 8.18. The molecule has 0 aliphatic carbocycles. The summed E-state index contributed by atoms with van der Waals surface area (Å²) in [5.74, 6) is -2.50. The molecule has 1 rings (SSSR count). The van der Waals surface area contributed by atoms with Crippen LogP contribution in [-0.4, -0.2) is 48.5 Å². The molecule has 0 amide bonds. The first-order valence-electron chi connectivity index (χ1n) is 5.93. The van der Waals surface area contributed by atoms with Crippen molar-refractivity contribution in [2.24, 2.45) is 0 Å². The third kappa shape index (κ3) is 3.80. The lowest BCUT2D eigenvalue weighted by Crippen LogP contribution is -2.33. The van der Waals surface area contributed by atoms with Crippen LogP contribution in [0.4, 0.5) is 0 Å². The zero-order valence-electron chi connectivity index (χ0n) is 12.1. The maximum atomic E-state index is 12.4. The lowest BCUT2D eigenvalue weighted by Gasteiger charge is -2.21. The fourth-order valence-electron chi connectivity index (χ4n) is 1.64. The Morgan fingerprint density at radius 3 is 2.19 bits per heavy atom. The van der Waals surface area contributed by atoms with Gasteiger partial charge in [0.2, 0.25) is 10.0 Å². The summed E-state index contributed by atoms with van der Waals surface area (Å²) in [4.78, 5) is 21.9. The summed E-state index contributed by atoms with van der Waals surface area (Å²) in [5.41, 5.74) is -0.579. The van der Waals surface area contributed by atoms with Crippen LogP contribution in [0.1, 0.15) is 35.3 Å². The van der Waals surface area contributed by atoms with E-state index in [1.165, 1.54) is 0 Å². The first-order chi connectivity index (χ1) is 9.37. The van der Waals surface area contributed by atoms with Crippen LogP contribution in [0.3, 0.4) is 0 Å². The van der Waals surface area contributed by atoms with Crippen LogP contribution < -0.4 is 0 Å². The zero-order valence-corrected chi connectivity index (χ0v) is 13.7.